The van der Waals surface area contributed by atoms with E-state index in [-0.39, 0.29) is 0 Å². The maximum Gasteiger partial charge on any atom is 0.177 e. The third-order valence-electron chi connectivity index (χ3n) is 5.66. The summed E-state index contributed by atoms with van der Waals surface area (Å²) in [6.45, 7) is 0.789. The van der Waals surface area contributed by atoms with Crippen LogP contribution in [0.1, 0.15) is 42.7 Å². The van der Waals surface area contributed by atoms with E-state index in [2.05, 4.69) is 27.5 Å². The van der Waals surface area contributed by atoms with E-state index in [0.717, 1.165) is 61.3 Å². The van der Waals surface area contributed by atoms with Gasteiger partial charge >= 0.3 is 0 Å². The fourth-order valence-electron chi connectivity index (χ4n) is 4.09. The fraction of sp³-hybridized carbons (Fsp3) is 0.429. The number of ether oxygens (including phenoxy) is 1. The van der Waals surface area contributed by atoms with Gasteiger partial charge in [0.05, 0.1) is 12.8 Å². The van der Waals surface area contributed by atoms with E-state index in [0.29, 0.717) is 17.8 Å². The van der Waals surface area contributed by atoms with Gasteiger partial charge in [-0.05, 0) is 55.7 Å². The van der Waals surface area contributed by atoms with E-state index in [4.69, 9.17) is 16.2 Å². The minimum absolute atomic E-state index is 0.298. The number of nitrogens with one attached hydrogen (secondary N) is 1. The predicted molar refractivity (Wildman–Crippen MR) is 112 cm³/mol. The zero-order valence-electron chi connectivity index (χ0n) is 16.3. The summed E-state index contributed by atoms with van der Waals surface area (Å²) in [5, 5.41) is 8.13. The molecular formula is C21H28N6O. The number of nitrogens with two attached hydrogens (primary N) is 2. The van der Waals surface area contributed by atoms with Crippen LogP contribution in [0.3, 0.4) is 0 Å². The van der Waals surface area contributed by atoms with Crippen molar-refractivity contribution in [1.82, 2.24) is 14.6 Å². The van der Waals surface area contributed by atoms with Gasteiger partial charge < -0.3 is 21.5 Å². The number of benzene rings is 1. The third-order valence-corrected chi connectivity index (χ3v) is 5.66. The molecule has 0 bridgehead atoms. The van der Waals surface area contributed by atoms with Crippen LogP contribution in [-0.4, -0.2) is 34.3 Å². The van der Waals surface area contributed by atoms with Crippen molar-refractivity contribution >= 4 is 17.2 Å². The highest BCUT2D eigenvalue weighted by molar-refractivity contribution is 5.76. The van der Waals surface area contributed by atoms with Crippen LogP contribution in [0.5, 0.6) is 5.75 Å². The van der Waals surface area contributed by atoms with Crippen LogP contribution in [0.4, 0.5) is 11.5 Å². The molecule has 1 fully saturated rings. The van der Waals surface area contributed by atoms with Gasteiger partial charge in [-0.15, -0.1) is 5.10 Å². The average Bonchev–Trinajstić information content (AvgIpc) is 3.17. The van der Waals surface area contributed by atoms with Crippen LogP contribution >= 0.6 is 0 Å². The molecule has 148 valence electrons. The minimum Gasteiger partial charge on any atom is -0.497 e. The van der Waals surface area contributed by atoms with Gasteiger partial charge in [-0.25, -0.2) is 9.50 Å². The Kier molecular flexibility index (Phi) is 5.34. The maximum atomic E-state index is 6.38. The molecule has 0 saturated heterocycles. The molecule has 0 unspecified atom stereocenters. The van der Waals surface area contributed by atoms with Gasteiger partial charge in [-0.2, -0.15) is 0 Å². The Hall–Kier alpha value is -2.80. The lowest BCUT2D eigenvalue weighted by atomic mass is 9.81. The monoisotopic (exact) mass is 380 g/mol. The van der Waals surface area contributed by atoms with Crippen LogP contribution in [0, 0.1) is 0 Å². The number of aromatic nitrogens is 3. The Morgan fingerprint density at radius 2 is 1.93 bits per heavy atom. The zero-order chi connectivity index (χ0) is 19.5. The van der Waals surface area contributed by atoms with Crippen molar-refractivity contribution in [2.24, 2.45) is 5.73 Å². The quantitative estimate of drug-likeness (QED) is 0.607. The second-order valence-electron chi connectivity index (χ2n) is 7.51. The first-order valence-corrected chi connectivity index (χ1v) is 9.91. The second-order valence-corrected chi connectivity index (χ2v) is 7.51. The molecule has 0 atom stereocenters. The number of imidazole rings is 1. The van der Waals surface area contributed by atoms with Crippen LogP contribution in [0.25, 0.3) is 5.65 Å². The van der Waals surface area contributed by atoms with Crippen LogP contribution < -0.4 is 21.5 Å². The Balaban J connectivity index is 1.57. The lowest BCUT2D eigenvalue weighted by molar-refractivity contribution is 0.396. The van der Waals surface area contributed by atoms with Crippen molar-refractivity contribution in [3.63, 3.8) is 0 Å². The molecule has 0 amide bonds. The number of hydrogen-bond donors (Lipinski definition) is 3. The molecule has 2 heterocycles. The first kappa shape index (κ1) is 18.6. The van der Waals surface area contributed by atoms with Gasteiger partial charge in [0.1, 0.15) is 11.6 Å². The molecule has 1 aliphatic rings. The maximum absolute atomic E-state index is 6.38. The Labute approximate surface area is 165 Å². The molecular weight excluding hydrogens is 352 g/mol. The van der Waals surface area contributed by atoms with Crippen LogP contribution in [0.15, 0.2) is 36.7 Å². The van der Waals surface area contributed by atoms with E-state index in [1.165, 1.54) is 5.56 Å². The van der Waals surface area contributed by atoms with Gasteiger partial charge in [-0.1, -0.05) is 12.1 Å². The second kappa shape index (κ2) is 8.06. The van der Waals surface area contributed by atoms with E-state index in [9.17, 15) is 0 Å². The minimum atomic E-state index is 0.298. The summed E-state index contributed by atoms with van der Waals surface area (Å²) < 4.78 is 6.98. The zero-order valence-corrected chi connectivity index (χ0v) is 16.3. The van der Waals surface area contributed by atoms with Crippen molar-refractivity contribution in [1.29, 1.82) is 0 Å². The van der Waals surface area contributed by atoms with Crippen LogP contribution in [0.2, 0.25) is 0 Å². The Morgan fingerprint density at radius 1 is 1.18 bits per heavy atom. The van der Waals surface area contributed by atoms with E-state index >= 15 is 0 Å². The van der Waals surface area contributed by atoms with Gasteiger partial charge in [0.15, 0.2) is 5.65 Å². The number of methoxy groups -OCH3 is 1. The van der Waals surface area contributed by atoms with E-state index < -0.39 is 0 Å². The molecule has 7 heteroatoms. The summed E-state index contributed by atoms with van der Waals surface area (Å²) in [5.74, 6) is 1.82. The summed E-state index contributed by atoms with van der Waals surface area (Å²) in [7, 11) is 1.68. The molecule has 1 aliphatic carbocycles. The summed E-state index contributed by atoms with van der Waals surface area (Å²) >= 11 is 0. The molecule has 5 N–H and O–H groups in total. The lowest BCUT2D eigenvalue weighted by Gasteiger charge is -2.28. The first-order chi connectivity index (χ1) is 13.7. The Bertz CT molecular complexity index is 928. The SMILES string of the molecule is COc1ccc(CCNc2c(C3CCC(N)CC3)c(N)nn3ccnc23)cc1. The summed E-state index contributed by atoms with van der Waals surface area (Å²) in [5.41, 5.74) is 16.7. The average molecular weight is 380 g/mol. The third kappa shape index (κ3) is 3.75. The van der Waals surface area contributed by atoms with E-state index in [1.807, 2.05) is 18.3 Å². The number of hydrogen-bond acceptors (Lipinski definition) is 6. The number of nitrogens with zero attached hydrogens (tertiary/aromatic N) is 3. The van der Waals surface area contributed by atoms with Crippen LogP contribution in [-0.2, 0) is 6.42 Å². The molecule has 4 rings (SSSR count). The molecule has 1 aromatic carbocycles. The molecule has 1 saturated carbocycles. The van der Waals surface area contributed by atoms with Crippen molar-refractivity contribution in [3.05, 3.63) is 47.8 Å². The van der Waals surface area contributed by atoms with Crippen molar-refractivity contribution in [2.75, 3.05) is 24.7 Å². The fourth-order valence-corrected chi connectivity index (χ4v) is 4.09. The number of anilines is 2. The molecule has 2 aromatic heterocycles. The van der Waals surface area contributed by atoms with Gasteiger partial charge in [0.2, 0.25) is 0 Å². The van der Waals surface area contributed by atoms with Gasteiger partial charge in [0.25, 0.3) is 0 Å². The molecule has 0 aliphatic heterocycles. The summed E-state index contributed by atoms with van der Waals surface area (Å²) in [6.07, 6.45) is 8.62. The molecule has 28 heavy (non-hydrogen) atoms. The largest absolute Gasteiger partial charge is 0.497 e. The van der Waals surface area contributed by atoms with Gasteiger partial charge in [0, 0.05) is 30.5 Å². The number of nitrogen functional groups attached to an aromatic ring is 1. The standard InChI is InChI=1S/C21H28N6O/c1-28-17-8-2-14(3-9-17)10-11-24-19-18(15-4-6-16(22)7-5-15)20(23)26-27-13-12-25-21(19)27/h2-3,8-9,12-13,15-16,24H,4-7,10-11,22H2,1H3,(H2,23,26). The number of fused-ring (bicyclic) bond motifs is 1. The predicted octanol–water partition coefficient (Wildman–Crippen LogP) is 2.96. The molecule has 3 aromatic rings. The normalized spacial score (nSPS) is 19.6. The first-order valence-electron chi connectivity index (χ1n) is 9.91. The lowest BCUT2D eigenvalue weighted by Crippen LogP contribution is -2.27. The molecule has 0 radical (unpaired) electrons. The van der Waals surface area contributed by atoms with Crippen molar-refractivity contribution in [3.8, 4) is 5.75 Å². The molecule has 0 spiro atoms. The highest BCUT2D eigenvalue weighted by Gasteiger charge is 2.26. The highest BCUT2D eigenvalue weighted by Crippen LogP contribution is 2.40. The topological polar surface area (TPSA) is 103 Å². The smallest absolute Gasteiger partial charge is 0.177 e. The summed E-state index contributed by atoms with van der Waals surface area (Å²) in [4.78, 5) is 4.52. The van der Waals surface area contributed by atoms with Crippen molar-refractivity contribution in [2.45, 2.75) is 44.1 Å². The van der Waals surface area contributed by atoms with E-state index in [1.54, 1.807) is 17.8 Å². The Morgan fingerprint density at radius 3 is 2.64 bits per heavy atom. The van der Waals surface area contributed by atoms with Crippen molar-refractivity contribution < 1.29 is 4.74 Å². The number of rotatable bonds is 6. The van der Waals surface area contributed by atoms with Gasteiger partial charge in [-0.3, -0.25) is 0 Å². The molecule has 7 nitrogen and oxygen atoms in total. The highest BCUT2D eigenvalue weighted by atomic mass is 16.5. The summed E-state index contributed by atoms with van der Waals surface area (Å²) in [6, 6.07) is 8.46.